The highest BCUT2D eigenvalue weighted by atomic mass is 35.5. The average molecular weight is 552 g/mol. The number of hydrogen-bond donors (Lipinski definition) is 1. The molecule has 0 fully saturated rings. The zero-order valence-electron chi connectivity index (χ0n) is 19.6. The van der Waals surface area contributed by atoms with Crippen LogP contribution in [-0.2, 0) is 5.75 Å². The summed E-state index contributed by atoms with van der Waals surface area (Å²) in [7, 11) is 1.24. The van der Waals surface area contributed by atoms with E-state index < -0.39 is 47.1 Å². The van der Waals surface area contributed by atoms with Crippen LogP contribution in [0.2, 0.25) is 5.02 Å². The number of amides is 1. The number of carbonyl (C=O) groups is 1. The van der Waals surface area contributed by atoms with Gasteiger partial charge in [0.15, 0.2) is 5.69 Å². The average Bonchev–Trinajstić information content (AvgIpc) is 3.03. The van der Waals surface area contributed by atoms with Crippen molar-refractivity contribution in [1.29, 1.82) is 0 Å². The maximum absolute atomic E-state index is 13.9. The molecule has 0 aliphatic carbocycles. The number of hydrogen-bond acceptors (Lipinski definition) is 6. The van der Waals surface area contributed by atoms with Crippen LogP contribution in [0.25, 0.3) is 0 Å². The summed E-state index contributed by atoms with van der Waals surface area (Å²) >= 11 is 8.12. The SMILES string of the molecule is COc1nc(=O)c(O)c2n1C(C1c3ccccc3SCc3c(Cl)cccc31)CN([C@H](C)C(F)(F)F)C2=O. The number of alkyl halides is 3. The summed E-state index contributed by atoms with van der Waals surface area (Å²) in [6.07, 6.45) is -4.74. The minimum Gasteiger partial charge on any atom is -0.501 e. The first kappa shape index (κ1) is 25.5. The second-order valence-electron chi connectivity index (χ2n) is 8.83. The van der Waals surface area contributed by atoms with Gasteiger partial charge in [0.05, 0.1) is 13.2 Å². The summed E-state index contributed by atoms with van der Waals surface area (Å²) in [5.41, 5.74) is 0.606. The lowest BCUT2D eigenvalue weighted by atomic mass is 9.81. The van der Waals surface area contributed by atoms with Crippen molar-refractivity contribution in [3.63, 3.8) is 0 Å². The van der Waals surface area contributed by atoms with E-state index >= 15 is 0 Å². The van der Waals surface area contributed by atoms with Crippen LogP contribution in [-0.4, -0.2) is 51.3 Å². The molecule has 0 saturated carbocycles. The van der Waals surface area contributed by atoms with Gasteiger partial charge in [-0.2, -0.15) is 18.2 Å². The van der Waals surface area contributed by atoms with Crippen molar-refractivity contribution in [1.82, 2.24) is 14.5 Å². The molecule has 2 aliphatic rings. The number of aromatic nitrogens is 2. The quantitative estimate of drug-likeness (QED) is 0.493. The van der Waals surface area contributed by atoms with Crippen molar-refractivity contribution in [2.75, 3.05) is 13.7 Å². The summed E-state index contributed by atoms with van der Waals surface area (Å²) in [4.78, 5) is 31.1. The number of halogens is 4. The van der Waals surface area contributed by atoms with Crippen molar-refractivity contribution in [3.05, 3.63) is 80.2 Å². The van der Waals surface area contributed by atoms with Gasteiger partial charge in [0, 0.05) is 28.1 Å². The molecule has 2 unspecified atom stereocenters. The Morgan fingerprint density at radius 3 is 2.57 bits per heavy atom. The van der Waals surface area contributed by atoms with E-state index in [2.05, 4.69) is 4.98 Å². The molecule has 0 bridgehead atoms. The highest BCUT2D eigenvalue weighted by Crippen LogP contribution is 2.50. The van der Waals surface area contributed by atoms with E-state index in [-0.39, 0.29) is 12.6 Å². The van der Waals surface area contributed by atoms with Gasteiger partial charge in [-0.1, -0.05) is 41.9 Å². The van der Waals surface area contributed by atoms with E-state index in [0.29, 0.717) is 15.7 Å². The van der Waals surface area contributed by atoms with Gasteiger partial charge in [-0.05, 0) is 35.7 Å². The Morgan fingerprint density at radius 2 is 1.86 bits per heavy atom. The number of nitrogens with zero attached hydrogens (tertiary/aromatic N) is 3. The lowest BCUT2D eigenvalue weighted by Crippen LogP contribution is -2.54. The van der Waals surface area contributed by atoms with Crippen LogP contribution in [0.4, 0.5) is 13.2 Å². The molecule has 12 heteroatoms. The number of methoxy groups -OCH3 is 1. The van der Waals surface area contributed by atoms with E-state index in [0.717, 1.165) is 28.5 Å². The molecule has 2 aromatic carbocycles. The van der Waals surface area contributed by atoms with Gasteiger partial charge in [0.1, 0.15) is 6.04 Å². The van der Waals surface area contributed by atoms with Gasteiger partial charge < -0.3 is 14.7 Å². The van der Waals surface area contributed by atoms with E-state index in [4.69, 9.17) is 16.3 Å². The van der Waals surface area contributed by atoms with Crippen molar-refractivity contribution < 1.29 is 27.8 Å². The molecule has 3 aromatic rings. The van der Waals surface area contributed by atoms with Crippen LogP contribution in [0.3, 0.4) is 0 Å². The molecule has 5 rings (SSSR count). The highest BCUT2D eigenvalue weighted by molar-refractivity contribution is 7.98. The van der Waals surface area contributed by atoms with Crippen LogP contribution in [0, 0.1) is 0 Å². The van der Waals surface area contributed by atoms with Crippen molar-refractivity contribution in [2.24, 2.45) is 0 Å². The molecule has 1 aromatic heterocycles. The summed E-state index contributed by atoms with van der Waals surface area (Å²) < 4.78 is 48.3. The Bertz CT molecular complexity index is 1460. The molecule has 37 heavy (non-hydrogen) atoms. The highest BCUT2D eigenvalue weighted by Gasteiger charge is 2.49. The molecule has 194 valence electrons. The largest absolute Gasteiger partial charge is 0.501 e. The van der Waals surface area contributed by atoms with E-state index in [1.807, 2.05) is 30.3 Å². The number of thioether (sulfide) groups is 1. The first-order valence-electron chi connectivity index (χ1n) is 11.3. The third-order valence-electron chi connectivity index (χ3n) is 6.87. The lowest BCUT2D eigenvalue weighted by molar-refractivity contribution is -0.174. The molecule has 0 saturated heterocycles. The molecule has 0 spiro atoms. The number of ether oxygens (including phenoxy) is 1. The Kier molecular flexibility index (Phi) is 6.39. The first-order chi connectivity index (χ1) is 17.5. The fourth-order valence-electron chi connectivity index (χ4n) is 5.05. The van der Waals surface area contributed by atoms with Gasteiger partial charge in [-0.15, -0.1) is 11.8 Å². The Balaban J connectivity index is 1.84. The third-order valence-corrected chi connectivity index (χ3v) is 8.34. The molecule has 7 nitrogen and oxygen atoms in total. The molecule has 2 aliphatic heterocycles. The second-order valence-corrected chi connectivity index (χ2v) is 10.2. The molecule has 1 amide bonds. The maximum Gasteiger partial charge on any atom is 0.408 e. The monoisotopic (exact) mass is 551 g/mol. The van der Waals surface area contributed by atoms with Crippen molar-refractivity contribution >= 4 is 29.3 Å². The van der Waals surface area contributed by atoms with Crippen molar-refractivity contribution in [3.8, 4) is 11.8 Å². The van der Waals surface area contributed by atoms with Crippen molar-refractivity contribution in [2.45, 2.75) is 41.7 Å². The van der Waals surface area contributed by atoms with Crippen LogP contribution in [0.15, 0.2) is 52.2 Å². The van der Waals surface area contributed by atoms with Crippen LogP contribution in [0.5, 0.6) is 11.8 Å². The maximum atomic E-state index is 13.9. The van der Waals surface area contributed by atoms with E-state index in [1.165, 1.54) is 11.7 Å². The fraction of sp³-hybridized carbons (Fsp3) is 0.320. The number of rotatable bonds is 3. The van der Waals surface area contributed by atoms with Gasteiger partial charge >= 0.3 is 17.7 Å². The number of aromatic hydroxyl groups is 1. The predicted octanol–water partition coefficient (Wildman–Crippen LogP) is 5.00. The predicted molar refractivity (Wildman–Crippen MR) is 132 cm³/mol. The van der Waals surface area contributed by atoms with Crippen LogP contribution in [0.1, 0.15) is 46.1 Å². The number of benzene rings is 2. The Morgan fingerprint density at radius 1 is 1.16 bits per heavy atom. The smallest absolute Gasteiger partial charge is 0.408 e. The second kappa shape index (κ2) is 9.29. The van der Waals surface area contributed by atoms with Crippen LogP contribution >= 0.6 is 23.4 Å². The summed E-state index contributed by atoms with van der Waals surface area (Å²) in [5.74, 6) is -2.27. The number of carbonyl (C=O) groups excluding carboxylic acids is 1. The molecule has 1 N–H and O–H groups in total. The fourth-order valence-corrected chi connectivity index (χ4v) is 6.53. The molecule has 3 heterocycles. The summed E-state index contributed by atoms with van der Waals surface area (Å²) in [6.45, 7) is 0.488. The van der Waals surface area contributed by atoms with E-state index in [1.54, 1.807) is 23.9 Å². The zero-order chi connectivity index (χ0) is 26.6. The van der Waals surface area contributed by atoms with Gasteiger partial charge in [0.2, 0.25) is 5.75 Å². The molecular weight excluding hydrogens is 531 g/mol. The van der Waals surface area contributed by atoms with Gasteiger partial charge in [0.25, 0.3) is 5.91 Å². The Labute approximate surface area is 218 Å². The van der Waals surface area contributed by atoms with Gasteiger partial charge in [-0.25, -0.2) is 0 Å². The summed E-state index contributed by atoms with van der Waals surface area (Å²) in [5, 5.41) is 11.1. The number of fused-ring (bicyclic) bond motifs is 3. The minimum atomic E-state index is -4.74. The topological polar surface area (TPSA) is 84.7 Å². The van der Waals surface area contributed by atoms with E-state index in [9.17, 15) is 27.9 Å². The molecule has 0 radical (unpaired) electrons. The van der Waals surface area contributed by atoms with Gasteiger partial charge in [-0.3, -0.25) is 14.2 Å². The lowest BCUT2D eigenvalue weighted by Gasteiger charge is -2.43. The zero-order valence-corrected chi connectivity index (χ0v) is 21.2. The minimum absolute atomic E-state index is 0.284. The normalized spacial score (nSPS) is 19.9. The third kappa shape index (κ3) is 4.14. The first-order valence-corrected chi connectivity index (χ1v) is 12.7. The standard InChI is InChI=1S/C25H21ClF3N3O4S/c1-12(25(27,28)29)31-10-17(32-20(23(31)35)21(33)22(34)30-24(32)36-2)19-13-7-5-8-16(26)15(13)11-37-18-9-4-3-6-14(18)19/h3-9,12,17,19,33H,10-11H2,1-2H3/t12-,17?,19?/m1/s1. The Hall–Kier alpha value is -3.18. The summed E-state index contributed by atoms with van der Waals surface area (Å²) in [6, 6.07) is 9.44. The molecule has 3 atom stereocenters. The molecular formula is C25H21ClF3N3O4S. The van der Waals surface area contributed by atoms with Crippen LogP contribution < -0.4 is 10.3 Å².